The zero-order valence-electron chi connectivity index (χ0n) is 10.6. The van der Waals surface area contributed by atoms with Crippen molar-refractivity contribution in [2.45, 2.75) is 32.2 Å². The van der Waals surface area contributed by atoms with Crippen LogP contribution in [-0.2, 0) is 0 Å². The van der Waals surface area contributed by atoms with Gasteiger partial charge < -0.3 is 10.1 Å². The fourth-order valence-corrected chi connectivity index (χ4v) is 1.58. The van der Waals surface area contributed by atoms with Crippen molar-refractivity contribution in [1.82, 2.24) is 15.5 Å². The molecule has 0 saturated heterocycles. The van der Waals surface area contributed by atoms with Gasteiger partial charge in [0, 0.05) is 6.07 Å². The van der Waals surface area contributed by atoms with Crippen molar-refractivity contribution in [3.63, 3.8) is 0 Å². The fraction of sp³-hybridized carbons (Fsp3) is 0.538. The van der Waals surface area contributed by atoms with E-state index in [1.807, 2.05) is 18.2 Å². The second kappa shape index (κ2) is 7.79. The predicted molar refractivity (Wildman–Crippen MR) is 69.0 cm³/mol. The Kier molecular flexibility index (Phi) is 6.25. The number of hydrogen-bond donors (Lipinski definition) is 1. The van der Waals surface area contributed by atoms with E-state index in [-0.39, 0.29) is 6.04 Å². The first kappa shape index (κ1) is 13.6. The molecule has 1 aromatic rings. The summed E-state index contributed by atoms with van der Waals surface area (Å²) in [5.74, 6) is 0.548. The lowest BCUT2D eigenvalue weighted by molar-refractivity contribution is 0.388. The number of rotatable bonds is 8. The molecule has 0 aliphatic carbocycles. The molecule has 0 aromatic carbocycles. The molecule has 1 unspecified atom stereocenters. The number of ether oxygens (including phenoxy) is 1. The second-order valence-electron chi connectivity index (χ2n) is 3.87. The summed E-state index contributed by atoms with van der Waals surface area (Å²) >= 11 is 0. The number of nitrogens with one attached hydrogen (secondary N) is 1. The Labute approximate surface area is 103 Å². The van der Waals surface area contributed by atoms with Crippen molar-refractivity contribution < 1.29 is 4.74 Å². The lowest BCUT2D eigenvalue weighted by Crippen LogP contribution is -2.23. The Morgan fingerprint density at radius 2 is 2.29 bits per heavy atom. The van der Waals surface area contributed by atoms with E-state index < -0.39 is 0 Å². The van der Waals surface area contributed by atoms with Crippen LogP contribution in [-0.4, -0.2) is 23.9 Å². The van der Waals surface area contributed by atoms with Crippen LogP contribution >= 0.6 is 0 Å². The SMILES string of the molecule is C=CCCC(NCCC)c1ccc(OC)nn1. The van der Waals surface area contributed by atoms with Crippen LogP contribution in [0.15, 0.2) is 24.8 Å². The Hall–Kier alpha value is -1.42. The first-order valence-corrected chi connectivity index (χ1v) is 6.03. The third kappa shape index (κ3) is 4.53. The van der Waals surface area contributed by atoms with Gasteiger partial charge >= 0.3 is 0 Å². The molecule has 1 aromatic heterocycles. The molecular formula is C13H21N3O. The van der Waals surface area contributed by atoms with Crippen LogP contribution in [0.1, 0.15) is 37.9 Å². The lowest BCUT2D eigenvalue weighted by atomic mass is 10.1. The van der Waals surface area contributed by atoms with Gasteiger partial charge in [0.1, 0.15) is 0 Å². The number of allylic oxidation sites excluding steroid dienone is 1. The molecule has 94 valence electrons. The van der Waals surface area contributed by atoms with Crippen molar-refractivity contribution >= 4 is 0 Å². The van der Waals surface area contributed by atoms with Crippen LogP contribution < -0.4 is 10.1 Å². The van der Waals surface area contributed by atoms with Crippen LogP contribution in [0, 0.1) is 0 Å². The monoisotopic (exact) mass is 235 g/mol. The summed E-state index contributed by atoms with van der Waals surface area (Å²) in [6, 6.07) is 4.05. The van der Waals surface area contributed by atoms with Gasteiger partial charge in [-0.05, 0) is 31.9 Å². The van der Waals surface area contributed by atoms with Gasteiger partial charge in [-0.1, -0.05) is 13.0 Å². The maximum Gasteiger partial charge on any atom is 0.233 e. The Bertz CT molecular complexity index is 324. The molecule has 4 nitrogen and oxygen atoms in total. The average molecular weight is 235 g/mol. The lowest BCUT2D eigenvalue weighted by Gasteiger charge is -2.16. The molecule has 1 rings (SSSR count). The van der Waals surface area contributed by atoms with Gasteiger partial charge in [-0.3, -0.25) is 0 Å². The predicted octanol–water partition coefficient (Wildman–Crippen LogP) is 2.49. The van der Waals surface area contributed by atoms with Gasteiger partial charge in [-0.15, -0.1) is 11.7 Å². The molecule has 0 radical (unpaired) electrons. The highest BCUT2D eigenvalue weighted by Crippen LogP contribution is 2.17. The third-order valence-corrected chi connectivity index (χ3v) is 2.53. The minimum Gasteiger partial charge on any atom is -0.480 e. The molecule has 0 aliphatic heterocycles. The average Bonchev–Trinajstić information content (AvgIpc) is 2.39. The van der Waals surface area contributed by atoms with Gasteiger partial charge in [0.2, 0.25) is 5.88 Å². The molecule has 17 heavy (non-hydrogen) atoms. The maximum atomic E-state index is 5.00. The highest BCUT2D eigenvalue weighted by molar-refractivity contribution is 5.14. The summed E-state index contributed by atoms with van der Waals surface area (Å²) < 4.78 is 5.00. The first-order chi connectivity index (χ1) is 8.31. The van der Waals surface area contributed by atoms with E-state index in [1.165, 1.54) is 0 Å². The minimum absolute atomic E-state index is 0.242. The highest BCUT2D eigenvalue weighted by atomic mass is 16.5. The molecule has 0 amide bonds. The normalized spacial score (nSPS) is 12.1. The summed E-state index contributed by atoms with van der Waals surface area (Å²) in [7, 11) is 1.59. The van der Waals surface area contributed by atoms with Crippen molar-refractivity contribution in [2.24, 2.45) is 0 Å². The zero-order chi connectivity index (χ0) is 12.5. The van der Waals surface area contributed by atoms with Crippen molar-refractivity contribution in [3.8, 4) is 5.88 Å². The standard InChI is InChI=1S/C13H21N3O/c1-4-6-7-11(14-10-5-2)12-8-9-13(17-3)16-15-12/h4,8-9,11,14H,1,5-7,10H2,2-3H3. The quantitative estimate of drug-likeness (QED) is 0.703. The van der Waals surface area contributed by atoms with E-state index in [4.69, 9.17) is 4.74 Å². The van der Waals surface area contributed by atoms with E-state index >= 15 is 0 Å². The van der Waals surface area contributed by atoms with Crippen LogP contribution in [0.4, 0.5) is 0 Å². The highest BCUT2D eigenvalue weighted by Gasteiger charge is 2.11. The van der Waals surface area contributed by atoms with Crippen LogP contribution in [0.5, 0.6) is 5.88 Å². The smallest absolute Gasteiger partial charge is 0.233 e. The van der Waals surface area contributed by atoms with Gasteiger partial charge in [-0.2, -0.15) is 5.10 Å². The molecule has 1 N–H and O–H groups in total. The van der Waals surface area contributed by atoms with Crippen LogP contribution in [0.25, 0.3) is 0 Å². The summed E-state index contributed by atoms with van der Waals surface area (Å²) in [6.07, 6.45) is 4.99. The van der Waals surface area contributed by atoms with Gasteiger partial charge in [-0.25, -0.2) is 0 Å². The van der Waals surface area contributed by atoms with Crippen LogP contribution in [0.3, 0.4) is 0 Å². The summed E-state index contributed by atoms with van der Waals surface area (Å²) in [5.41, 5.74) is 0.959. The van der Waals surface area contributed by atoms with E-state index in [2.05, 4.69) is 29.0 Å². The minimum atomic E-state index is 0.242. The fourth-order valence-electron chi connectivity index (χ4n) is 1.58. The number of methoxy groups -OCH3 is 1. The molecule has 1 atom stereocenters. The molecule has 1 heterocycles. The van der Waals surface area contributed by atoms with Crippen LogP contribution in [0.2, 0.25) is 0 Å². The van der Waals surface area contributed by atoms with Gasteiger partial charge in [0.05, 0.1) is 18.8 Å². The van der Waals surface area contributed by atoms with E-state index in [0.29, 0.717) is 5.88 Å². The largest absolute Gasteiger partial charge is 0.480 e. The molecule has 4 heteroatoms. The van der Waals surface area contributed by atoms with Crippen molar-refractivity contribution in [1.29, 1.82) is 0 Å². The molecule has 0 saturated carbocycles. The Balaban J connectivity index is 2.68. The van der Waals surface area contributed by atoms with E-state index in [1.54, 1.807) is 7.11 Å². The summed E-state index contributed by atoms with van der Waals surface area (Å²) in [5, 5.41) is 11.6. The summed E-state index contributed by atoms with van der Waals surface area (Å²) in [4.78, 5) is 0. The van der Waals surface area contributed by atoms with E-state index in [0.717, 1.165) is 31.5 Å². The molecule has 0 bridgehead atoms. The third-order valence-electron chi connectivity index (χ3n) is 2.53. The number of hydrogen-bond acceptors (Lipinski definition) is 4. The molecule has 0 aliphatic rings. The Morgan fingerprint density at radius 3 is 2.82 bits per heavy atom. The Morgan fingerprint density at radius 1 is 1.47 bits per heavy atom. The molecule has 0 fully saturated rings. The molecular weight excluding hydrogens is 214 g/mol. The number of nitrogens with zero attached hydrogens (tertiary/aromatic N) is 2. The molecule has 0 spiro atoms. The second-order valence-corrected chi connectivity index (χ2v) is 3.87. The summed E-state index contributed by atoms with van der Waals surface area (Å²) in [6.45, 7) is 6.88. The number of aromatic nitrogens is 2. The maximum absolute atomic E-state index is 5.00. The van der Waals surface area contributed by atoms with E-state index in [9.17, 15) is 0 Å². The topological polar surface area (TPSA) is 47.0 Å². The van der Waals surface area contributed by atoms with Gasteiger partial charge in [0.15, 0.2) is 0 Å². The van der Waals surface area contributed by atoms with Crippen molar-refractivity contribution in [2.75, 3.05) is 13.7 Å². The first-order valence-electron chi connectivity index (χ1n) is 6.03. The zero-order valence-corrected chi connectivity index (χ0v) is 10.6. The van der Waals surface area contributed by atoms with Crippen molar-refractivity contribution in [3.05, 3.63) is 30.5 Å². The van der Waals surface area contributed by atoms with Gasteiger partial charge in [0.25, 0.3) is 0 Å².